The Morgan fingerprint density at radius 2 is 1.52 bits per heavy atom. The van der Waals surface area contributed by atoms with Gasteiger partial charge in [0.05, 0.1) is 0 Å². The Kier molecular flexibility index (Phi) is 8.35. The minimum Gasteiger partial charge on any atom is -0.430 e. The number of para-hydroxylation sites is 1. The summed E-state index contributed by atoms with van der Waals surface area (Å²) in [4.78, 5) is 0. The summed E-state index contributed by atoms with van der Waals surface area (Å²) in [6, 6.07) is 14.5. The molecule has 0 spiro atoms. The van der Waals surface area contributed by atoms with E-state index in [1.54, 1.807) is 6.07 Å². The molecule has 7 heteroatoms. The summed E-state index contributed by atoms with van der Waals surface area (Å²) in [5, 5.41) is 0. The van der Waals surface area contributed by atoms with Gasteiger partial charge in [0.2, 0.25) is 0 Å². The number of hydrogen-bond acceptors (Lipinski definition) is 1. The molecule has 0 aromatic heterocycles. The molecule has 3 rings (SSSR count). The van der Waals surface area contributed by atoms with Crippen LogP contribution < -0.4 is 4.74 Å². The lowest BCUT2D eigenvalue weighted by Crippen LogP contribution is -2.45. The number of hydrogen-bond donors (Lipinski definition) is 0. The second-order valence-electron chi connectivity index (χ2n) is 8.92. The maximum absolute atomic E-state index is 13.7. The van der Waals surface area contributed by atoms with Crippen molar-refractivity contribution in [3.63, 3.8) is 0 Å². The molecule has 1 fully saturated rings. The first kappa shape index (κ1) is 25.4. The number of aryl methyl sites for hydroxylation is 2. The zero-order chi connectivity index (χ0) is 24.1. The summed E-state index contributed by atoms with van der Waals surface area (Å²) in [5.41, 5.74) is 3.05. The van der Waals surface area contributed by atoms with Crippen LogP contribution >= 0.6 is 0 Å². The molecule has 1 saturated carbocycles. The molecule has 182 valence electrons. The maximum atomic E-state index is 13.7. The van der Waals surface area contributed by atoms with Crippen molar-refractivity contribution in [2.45, 2.75) is 82.7 Å². The van der Waals surface area contributed by atoms with Crippen molar-refractivity contribution in [2.24, 2.45) is 5.92 Å². The van der Waals surface area contributed by atoms with E-state index in [0.717, 1.165) is 44.6 Å². The summed E-state index contributed by atoms with van der Waals surface area (Å²) in [6.45, 7) is 2.16. The Labute approximate surface area is 191 Å². The summed E-state index contributed by atoms with van der Waals surface area (Å²) < 4.78 is 82.1. The number of benzene rings is 2. The number of rotatable bonds is 9. The van der Waals surface area contributed by atoms with E-state index in [9.17, 15) is 26.3 Å². The Morgan fingerprint density at radius 3 is 2.12 bits per heavy atom. The van der Waals surface area contributed by atoms with Gasteiger partial charge in [-0.05, 0) is 79.5 Å². The molecule has 1 atom stereocenters. The highest BCUT2D eigenvalue weighted by Crippen LogP contribution is 2.40. The third kappa shape index (κ3) is 6.90. The van der Waals surface area contributed by atoms with Gasteiger partial charge < -0.3 is 4.74 Å². The van der Waals surface area contributed by atoms with E-state index in [-0.39, 0.29) is 0 Å². The molecular weight excluding hydrogens is 442 g/mol. The Balaban J connectivity index is 1.54. The minimum absolute atomic E-state index is 0.361. The average molecular weight is 473 g/mol. The van der Waals surface area contributed by atoms with Crippen LogP contribution in [-0.2, 0) is 12.8 Å². The average Bonchev–Trinajstić information content (AvgIpc) is 2.78. The first-order valence-electron chi connectivity index (χ1n) is 11.5. The minimum atomic E-state index is -5.70. The molecule has 1 aliphatic rings. The van der Waals surface area contributed by atoms with Crippen LogP contribution in [0.25, 0.3) is 0 Å². The predicted octanol–water partition coefficient (Wildman–Crippen LogP) is 8.42. The fourth-order valence-corrected chi connectivity index (χ4v) is 4.59. The molecule has 0 amide bonds. The number of halogens is 6. The van der Waals surface area contributed by atoms with Crippen LogP contribution in [0.1, 0.15) is 68.1 Å². The smallest absolute Gasteiger partial charge is 0.430 e. The lowest BCUT2D eigenvalue weighted by molar-refractivity contribution is -0.305. The highest BCUT2D eigenvalue weighted by Gasteiger charge is 2.59. The van der Waals surface area contributed by atoms with Crippen molar-refractivity contribution in [1.29, 1.82) is 0 Å². The van der Waals surface area contributed by atoms with Crippen LogP contribution in [-0.4, -0.2) is 18.5 Å². The Hall–Kier alpha value is -2.18. The molecular formula is C26H30F6O. The standard InChI is InChI=1S/C26H30F6O/c1-2-5-18-8-13-20(14-9-18)21-15-10-19(11-16-21)12-17-22-6-3-4-7-23(22)33-26(31,32)24(27)25(28,29)30/h3-4,6-9,13-14,19,21,24H,2,5,10-12,15-17H2,1H3. The van der Waals surface area contributed by atoms with Crippen molar-refractivity contribution in [1.82, 2.24) is 0 Å². The van der Waals surface area contributed by atoms with Gasteiger partial charge in [-0.25, -0.2) is 4.39 Å². The van der Waals surface area contributed by atoms with Crippen LogP contribution in [0.4, 0.5) is 26.3 Å². The number of ether oxygens (including phenoxy) is 1. The topological polar surface area (TPSA) is 9.23 Å². The van der Waals surface area contributed by atoms with E-state index >= 15 is 0 Å². The molecule has 33 heavy (non-hydrogen) atoms. The van der Waals surface area contributed by atoms with E-state index < -0.39 is 24.2 Å². The van der Waals surface area contributed by atoms with E-state index in [4.69, 9.17) is 0 Å². The Morgan fingerprint density at radius 1 is 0.879 bits per heavy atom. The second-order valence-corrected chi connectivity index (χ2v) is 8.92. The van der Waals surface area contributed by atoms with Crippen LogP contribution in [0.15, 0.2) is 48.5 Å². The summed E-state index contributed by atoms with van der Waals surface area (Å²) in [7, 11) is 0. The molecule has 1 unspecified atom stereocenters. The highest BCUT2D eigenvalue weighted by atomic mass is 19.4. The molecule has 1 aliphatic carbocycles. The lowest BCUT2D eigenvalue weighted by atomic mass is 9.76. The molecule has 2 aromatic carbocycles. The van der Waals surface area contributed by atoms with Crippen molar-refractivity contribution < 1.29 is 31.1 Å². The van der Waals surface area contributed by atoms with Gasteiger partial charge >= 0.3 is 12.3 Å². The van der Waals surface area contributed by atoms with Gasteiger partial charge in [0.15, 0.2) is 0 Å². The largest absolute Gasteiger partial charge is 0.439 e. The van der Waals surface area contributed by atoms with Crippen LogP contribution in [0.5, 0.6) is 5.75 Å². The number of alkyl halides is 6. The summed E-state index contributed by atoms with van der Waals surface area (Å²) >= 11 is 0. The molecule has 0 aliphatic heterocycles. The first-order valence-corrected chi connectivity index (χ1v) is 11.5. The van der Waals surface area contributed by atoms with Gasteiger partial charge in [-0.15, -0.1) is 0 Å². The monoisotopic (exact) mass is 472 g/mol. The molecule has 0 saturated heterocycles. The summed E-state index contributed by atoms with van der Waals surface area (Å²) in [5.74, 6) is 0.503. The van der Waals surface area contributed by atoms with Crippen molar-refractivity contribution in [2.75, 3.05) is 0 Å². The fourth-order valence-electron chi connectivity index (χ4n) is 4.59. The van der Waals surface area contributed by atoms with Crippen molar-refractivity contribution in [3.8, 4) is 5.75 Å². The Bertz CT molecular complexity index is 869. The molecule has 0 heterocycles. The van der Waals surface area contributed by atoms with E-state index in [1.807, 2.05) is 0 Å². The van der Waals surface area contributed by atoms with E-state index in [2.05, 4.69) is 35.9 Å². The van der Waals surface area contributed by atoms with E-state index in [1.165, 1.54) is 23.3 Å². The lowest BCUT2D eigenvalue weighted by Gasteiger charge is -2.29. The molecule has 0 radical (unpaired) electrons. The van der Waals surface area contributed by atoms with E-state index in [0.29, 0.717) is 30.2 Å². The molecule has 1 nitrogen and oxygen atoms in total. The normalized spacial score (nSPS) is 20.5. The van der Waals surface area contributed by atoms with Gasteiger partial charge in [-0.2, -0.15) is 22.0 Å². The van der Waals surface area contributed by atoms with Gasteiger partial charge in [-0.1, -0.05) is 55.8 Å². The first-order chi connectivity index (χ1) is 15.6. The van der Waals surface area contributed by atoms with Crippen molar-refractivity contribution in [3.05, 3.63) is 65.2 Å². The third-order valence-electron chi connectivity index (χ3n) is 6.46. The van der Waals surface area contributed by atoms with Gasteiger partial charge in [-0.3, -0.25) is 0 Å². The summed E-state index contributed by atoms with van der Waals surface area (Å²) in [6.07, 6.45) is -7.69. The quantitative estimate of drug-likeness (QED) is 0.333. The van der Waals surface area contributed by atoms with Crippen LogP contribution in [0, 0.1) is 5.92 Å². The van der Waals surface area contributed by atoms with Crippen molar-refractivity contribution >= 4 is 0 Å². The van der Waals surface area contributed by atoms with Gasteiger partial charge in [0.25, 0.3) is 6.17 Å². The zero-order valence-electron chi connectivity index (χ0n) is 18.7. The fraction of sp³-hybridized carbons (Fsp3) is 0.538. The third-order valence-corrected chi connectivity index (χ3v) is 6.46. The molecule has 2 aromatic rings. The SMILES string of the molecule is CCCc1ccc(C2CCC(CCc3ccccc3OC(F)(F)C(F)C(F)(F)F)CC2)cc1. The van der Waals surface area contributed by atoms with Crippen LogP contribution in [0.3, 0.4) is 0 Å². The van der Waals surface area contributed by atoms with Crippen LogP contribution in [0.2, 0.25) is 0 Å². The van der Waals surface area contributed by atoms with Gasteiger partial charge in [0.1, 0.15) is 5.75 Å². The second kappa shape index (κ2) is 10.8. The maximum Gasteiger partial charge on any atom is 0.439 e. The zero-order valence-corrected chi connectivity index (χ0v) is 18.7. The molecule has 0 N–H and O–H groups in total. The molecule has 0 bridgehead atoms. The predicted molar refractivity (Wildman–Crippen MR) is 116 cm³/mol. The van der Waals surface area contributed by atoms with Gasteiger partial charge in [0, 0.05) is 0 Å². The highest BCUT2D eigenvalue weighted by molar-refractivity contribution is 5.34.